The Morgan fingerprint density at radius 3 is 2.83 bits per heavy atom. The van der Waals surface area contributed by atoms with Gasteiger partial charge in [0.25, 0.3) is 5.91 Å². The molecule has 0 saturated heterocycles. The van der Waals surface area contributed by atoms with Gasteiger partial charge in [0.2, 0.25) is 0 Å². The number of likely N-dealkylation sites (N-methyl/N-ethyl adjacent to an activating group) is 1. The first kappa shape index (κ1) is 15.2. The van der Waals surface area contributed by atoms with E-state index < -0.39 is 0 Å². The van der Waals surface area contributed by atoms with Crippen molar-refractivity contribution in [2.75, 3.05) is 49.4 Å². The van der Waals surface area contributed by atoms with Crippen LogP contribution in [0.2, 0.25) is 0 Å². The van der Waals surface area contributed by atoms with Gasteiger partial charge >= 0.3 is 0 Å². The minimum atomic E-state index is -0.127. The van der Waals surface area contributed by atoms with Gasteiger partial charge in [0.1, 0.15) is 12.4 Å². The van der Waals surface area contributed by atoms with Crippen molar-refractivity contribution in [3.8, 4) is 5.75 Å². The Kier molecular flexibility index (Phi) is 4.10. The summed E-state index contributed by atoms with van der Waals surface area (Å²) >= 11 is 0. The largest absolute Gasteiger partial charge is 0.489 e. The normalized spacial score (nSPS) is 13.1. The van der Waals surface area contributed by atoms with E-state index in [4.69, 9.17) is 4.74 Å². The quantitative estimate of drug-likeness (QED) is 0.947. The lowest BCUT2D eigenvalue weighted by atomic mass is 10.1. The van der Waals surface area contributed by atoms with Crippen LogP contribution < -0.4 is 19.9 Å². The molecule has 2 aromatic rings. The number of ether oxygens (including phenoxy) is 1. The molecule has 2 aromatic carbocycles. The third-order valence-corrected chi connectivity index (χ3v) is 3.94. The van der Waals surface area contributed by atoms with Gasteiger partial charge in [-0.25, -0.2) is 0 Å². The summed E-state index contributed by atoms with van der Waals surface area (Å²) in [4.78, 5) is 16.6. The molecule has 5 heteroatoms. The Morgan fingerprint density at radius 2 is 2.04 bits per heavy atom. The Balaban J connectivity index is 1.79. The summed E-state index contributed by atoms with van der Waals surface area (Å²) in [6.07, 6.45) is 0. The molecular formula is C18H21N3O2. The molecule has 3 rings (SSSR count). The lowest BCUT2D eigenvalue weighted by molar-refractivity contribution is 0.102. The third-order valence-electron chi connectivity index (χ3n) is 3.94. The van der Waals surface area contributed by atoms with Crippen molar-refractivity contribution in [3.05, 3.63) is 48.0 Å². The van der Waals surface area contributed by atoms with Crippen LogP contribution in [0.1, 0.15) is 10.4 Å². The molecule has 5 nitrogen and oxygen atoms in total. The Morgan fingerprint density at radius 1 is 1.22 bits per heavy atom. The summed E-state index contributed by atoms with van der Waals surface area (Å²) in [6.45, 7) is 1.53. The monoisotopic (exact) mass is 311 g/mol. The molecule has 1 heterocycles. The molecule has 0 spiro atoms. The summed E-state index contributed by atoms with van der Waals surface area (Å²) in [5.74, 6) is 0.677. The maximum absolute atomic E-state index is 12.4. The van der Waals surface area contributed by atoms with E-state index in [9.17, 15) is 4.79 Å². The number of nitrogens with one attached hydrogen (secondary N) is 1. The molecule has 1 amide bonds. The second kappa shape index (κ2) is 6.20. The van der Waals surface area contributed by atoms with Crippen LogP contribution in [0.5, 0.6) is 5.75 Å². The van der Waals surface area contributed by atoms with E-state index in [1.807, 2.05) is 68.5 Å². The molecule has 0 unspecified atom stereocenters. The van der Waals surface area contributed by atoms with E-state index in [0.29, 0.717) is 12.2 Å². The minimum Gasteiger partial charge on any atom is -0.489 e. The molecule has 0 fully saturated rings. The van der Waals surface area contributed by atoms with E-state index in [1.165, 1.54) is 0 Å². The van der Waals surface area contributed by atoms with E-state index in [2.05, 4.69) is 10.2 Å². The topological polar surface area (TPSA) is 44.8 Å². The van der Waals surface area contributed by atoms with Crippen LogP contribution in [0.3, 0.4) is 0 Å². The van der Waals surface area contributed by atoms with Gasteiger partial charge in [0, 0.05) is 44.1 Å². The number of hydrogen-bond acceptors (Lipinski definition) is 4. The number of carbonyl (C=O) groups excluding carboxylic acids is 1. The third kappa shape index (κ3) is 3.23. The van der Waals surface area contributed by atoms with Gasteiger partial charge in [0.15, 0.2) is 0 Å². The minimum absolute atomic E-state index is 0.127. The van der Waals surface area contributed by atoms with E-state index >= 15 is 0 Å². The number of anilines is 3. The average Bonchev–Trinajstić information content (AvgIpc) is 2.55. The molecule has 0 bridgehead atoms. The molecule has 23 heavy (non-hydrogen) atoms. The highest BCUT2D eigenvalue weighted by Gasteiger charge is 2.16. The first-order chi connectivity index (χ1) is 11.0. The molecule has 0 aliphatic carbocycles. The molecule has 0 aromatic heterocycles. The summed E-state index contributed by atoms with van der Waals surface area (Å²) in [5, 5.41) is 2.93. The van der Waals surface area contributed by atoms with Crippen molar-refractivity contribution in [3.63, 3.8) is 0 Å². The van der Waals surface area contributed by atoms with Crippen LogP contribution in [0.4, 0.5) is 17.1 Å². The van der Waals surface area contributed by atoms with Crippen molar-refractivity contribution < 1.29 is 9.53 Å². The summed E-state index contributed by atoms with van der Waals surface area (Å²) in [5.41, 5.74) is 3.41. The fourth-order valence-corrected chi connectivity index (χ4v) is 2.56. The van der Waals surface area contributed by atoms with Crippen molar-refractivity contribution in [2.45, 2.75) is 0 Å². The number of rotatable bonds is 3. The summed E-state index contributed by atoms with van der Waals surface area (Å²) in [6, 6.07) is 13.3. The van der Waals surface area contributed by atoms with Crippen molar-refractivity contribution in [1.29, 1.82) is 0 Å². The van der Waals surface area contributed by atoms with Crippen LogP contribution in [0.15, 0.2) is 42.5 Å². The van der Waals surface area contributed by atoms with Gasteiger partial charge in [-0.2, -0.15) is 0 Å². The van der Waals surface area contributed by atoms with Gasteiger partial charge in [0.05, 0.1) is 12.2 Å². The predicted molar refractivity (Wildman–Crippen MR) is 93.9 cm³/mol. The molecule has 1 aliphatic heterocycles. The number of carbonyl (C=O) groups is 1. The van der Waals surface area contributed by atoms with Crippen LogP contribution in [0, 0.1) is 0 Å². The molecule has 0 radical (unpaired) electrons. The molecular weight excluding hydrogens is 290 g/mol. The second-order valence-corrected chi connectivity index (χ2v) is 5.85. The number of benzene rings is 2. The number of hydrogen-bond donors (Lipinski definition) is 1. The lowest BCUT2D eigenvalue weighted by Gasteiger charge is -2.28. The van der Waals surface area contributed by atoms with Crippen LogP contribution >= 0.6 is 0 Å². The van der Waals surface area contributed by atoms with Crippen LogP contribution in [-0.2, 0) is 0 Å². The van der Waals surface area contributed by atoms with E-state index in [1.54, 1.807) is 0 Å². The first-order valence-electron chi connectivity index (χ1n) is 7.61. The van der Waals surface area contributed by atoms with E-state index in [-0.39, 0.29) is 5.91 Å². The maximum atomic E-state index is 12.4. The van der Waals surface area contributed by atoms with Gasteiger partial charge in [-0.1, -0.05) is 6.07 Å². The van der Waals surface area contributed by atoms with Crippen LogP contribution in [0.25, 0.3) is 0 Å². The molecule has 1 N–H and O–H groups in total. The first-order valence-corrected chi connectivity index (χ1v) is 7.61. The summed E-state index contributed by atoms with van der Waals surface area (Å²) in [7, 11) is 5.94. The number of amides is 1. The van der Waals surface area contributed by atoms with Crippen molar-refractivity contribution >= 4 is 23.0 Å². The fraction of sp³-hybridized carbons (Fsp3) is 0.278. The fourth-order valence-electron chi connectivity index (χ4n) is 2.56. The van der Waals surface area contributed by atoms with Gasteiger partial charge < -0.3 is 19.9 Å². The van der Waals surface area contributed by atoms with Gasteiger partial charge in [-0.05, 0) is 30.3 Å². The predicted octanol–water partition coefficient (Wildman–Crippen LogP) is 2.83. The zero-order valence-corrected chi connectivity index (χ0v) is 13.7. The SMILES string of the molecule is CN(C)c1cccc(C(=O)Nc2ccc3c(c2)OCCN3C)c1. The maximum Gasteiger partial charge on any atom is 0.255 e. The number of fused-ring (bicyclic) bond motifs is 1. The van der Waals surface area contributed by atoms with Crippen molar-refractivity contribution in [2.24, 2.45) is 0 Å². The standard InChI is InChI=1S/C18H21N3O2/c1-20(2)15-6-4-5-13(11-15)18(22)19-14-7-8-16-17(12-14)23-10-9-21(16)3/h4-8,11-12H,9-10H2,1-3H3,(H,19,22). The highest BCUT2D eigenvalue weighted by Crippen LogP contribution is 2.33. The zero-order chi connectivity index (χ0) is 16.4. The average molecular weight is 311 g/mol. The zero-order valence-electron chi connectivity index (χ0n) is 13.7. The van der Waals surface area contributed by atoms with Crippen LogP contribution in [-0.4, -0.2) is 40.2 Å². The Labute approximate surface area is 136 Å². The molecule has 0 saturated carbocycles. The van der Waals surface area contributed by atoms with Crippen molar-refractivity contribution in [1.82, 2.24) is 0 Å². The number of nitrogens with zero attached hydrogens (tertiary/aromatic N) is 2. The highest BCUT2D eigenvalue weighted by molar-refractivity contribution is 6.05. The molecule has 1 aliphatic rings. The van der Waals surface area contributed by atoms with E-state index in [0.717, 1.165) is 29.4 Å². The van der Waals surface area contributed by atoms with Gasteiger partial charge in [-0.3, -0.25) is 4.79 Å². The summed E-state index contributed by atoms with van der Waals surface area (Å²) < 4.78 is 5.67. The highest BCUT2D eigenvalue weighted by atomic mass is 16.5. The smallest absolute Gasteiger partial charge is 0.255 e. The molecule has 120 valence electrons. The Hall–Kier alpha value is -2.69. The molecule has 0 atom stereocenters. The second-order valence-electron chi connectivity index (χ2n) is 5.85. The Bertz CT molecular complexity index is 728. The van der Waals surface area contributed by atoms with Gasteiger partial charge in [-0.15, -0.1) is 0 Å². The lowest BCUT2D eigenvalue weighted by Crippen LogP contribution is -2.28.